The molecule has 1 aliphatic rings. The Morgan fingerprint density at radius 2 is 1.61 bits per heavy atom. The third kappa shape index (κ3) is 3.58. The zero-order valence-electron chi connectivity index (χ0n) is 14.6. The van der Waals surface area contributed by atoms with Crippen molar-refractivity contribution in [2.24, 2.45) is 0 Å². The molecule has 0 unspecified atom stereocenters. The Morgan fingerprint density at radius 1 is 1.13 bits per heavy atom. The number of carbonyl (C=O) groups is 1. The number of carbonyl (C=O) groups excluding carboxylic acids is 1. The topological polar surface area (TPSA) is 57.7 Å². The lowest BCUT2D eigenvalue weighted by Crippen LogP contribution is -2.46. The highest BCUT2D eigenvalue weighted by molar-refractivity contribution is 7.89. The molecule has 0 N–H and O–H groups in total. The van der Waals surface area contributed by atoms with E-state index in [2.05, 4.69) is 0 Å². The summed E-state index contributed by atoms with van der Waals surface area (Å²) in [4.78, 5) is 13.6. The van der Waals surface area contributed by atoms with Crippen LogP contribution in [0.5, 0.6) is 0 Å². The Labute approximate surface area is 139 Å². The van der Waals surface area contributed by atoms with E-state index in [4.69, 9.17) is 0 Å². The normalized spacial score (nSPS) is 17.3. The van der Waals surface area contributed by atoms with Crippen molar-refractivity contribution in [3.63, 3.8) is 0 Å². The van der Waals surface area contributed by atoms with E-state index in [1.165, 1.54) is 0 Å². The molecule has 0 aliphatic carbocycles. The molecule has 1 saturated heterocycles. The van der Waals surface area contributed by atoms with E-state index in [1.54, 1.807) is 23.2 Å². The second-order valence-corrected chi connectivity index (χ2v) is 8.37. The summed E-state index contributed by atoms with van der Waals surface area (Å²) in [7, 11) is -1.70. The second-order valence-electron chi connectivity index (χ2n) is 6.49. The average molecular weight is 338 g/mol. The zero-order chi connectivity index (χ0) is 17.4. The van der Waals surface area contributed by atoms with E-state index in [9.17, 15) is 13.2 Å². The van der Waals surface area contributed by atoms with Crippen molar-refractivity contribution < 1.29 is 13.2 Å². The van der Waals surface area contributed by atoms with Crippen LogP contribution in [-0.4, -0.2) is 49.7 Å². The first-order valence-electron chi connectivity index (χ1n) is 7.96. The van der Waals surface area contributed by atoms with Gasteiger partial charge in [0.25, 0.3) is 0 Å². The Kier molecular flexibility index (Phi) is 5.16. The molecule has 1 amide bonds. The fourth-order valence-corrected chi connectivity index (χ4v) is 5.31. The van der Waals surface area contributed by atoms with Gasteiger partial charge in [0, 0.05) is 33.1 Å². The van der Waals surface area contributed by atoms with Crippen LogP contribution >= 0.6 is 0 Å². The number of nitrogens with zero attached hydrogens (tertiary/aromatic N) is 2. The van der Waals surface area contributed by atoms with Gasteiger partial charge >= 0.3 is 0 Å². The van der Waals surface area contributed by atoms with Crippen LogP contribution in [0.15, 0.2) is 17.0 Å². The number of amides is 1. The average Bonchev–Trinajstić information content (AvgIpc) is 2.45. The molecule has 6 heteroatoms. The first-order valence-corrected chi connectivity index (χ1v) is 9.40. The van der Waals surface area contributed by atoms with Crippen molar-refractivity contribution in [3.8, 4) is 0 Å². The van der Waals surface area contributed by atoms with Gasteiger partial charge in [0.1, 0.15) is 0 Å². The molecular formula is C17H26N2O3S. The van der Waals surface area contributed by atoms with Crippen LogP contribution in [0.25, 0.3) is 0 Å². The molecule has 0 radical (unpaired) electrons. The monoisotopic (exact) mass is 338 g/mol. The first-order chi connectivity index (χ1) is 10.6. The summed E-state index contributed by atoms with van der Waals surface area (Å²) in [6.45, 7) is 8.13. The lowest BCUT2D eigenvalue weighted by Gasteiger charge is -2.36. The summed E-state index contributed by atoms with van der Waals surface area (Å²) >= 11 is 0. The van der Waals surface area contributed by atoms with Crippen molar-refractivity contribution in [1.29, 1.82) is 0 Å². The van der Waals surface area contributed by atoms with Crippen molar-refractivity contribution in [1.82, 2.24) is 9.21 Å². The lowest BCUT2D eigenvalue weighted by molar-refractivity contribution is -0.130. The molecule has 128 valence electrons. The molecule has 1 aromatic rings. The Balaban J connectivity index is 2.22. The van der Waals surface area contributed by atoms with Crippen LogP contribution in [0.3, 0.4) is 0 Å². The fourth-order valence-electron chi connectivity index (χ4n) is 3.43. The summed E-state index contributed by atoms with van der Waals surface area (Å²) in [5.41, 5.74) is 2.66. The molecule has 5 nitrogen and oxygen atoms in total. The smallest absolute Gasteiger partial charge is 0.243 e. The van der Waals surface area contributed by atoms with Crippen LogP contribution in [0.1, 0.15) is 36.5 Å². The number of sulfonamides is 1. The van der Waals surface area contributed by atoms with Gasteiger partial charge in [0.2, 0.25) is 15.9 Å². The third-order valence-corrected chi connectivity index (χ3v) is 6.88. The molecule has 0 aromatic heterocycles. The number of hydrogen-bond acceptors (Lipinski definition) is 3. The highest BCUT2D eigenvalue weighted by Gasteiger charge is 2.33. The second kappa shape index (κ2) is 6.61. The molecule has 23 heavy (non-hydrogen) atoms. The summed E-state index contributed by atoms with van der Waals surface area (Å²) in [6, 6.07) is 3.95. The van der Waals surface area contributed by atoms with Gasteiger partial charge in [-0.25, -0.2) is 8.42 Å². The van der Waals surface area contributed by atoms with Gasteiger partial charge < -0.3 is 4.90 Å². The summed E-state index contributed by atoms with van der Waals surface area (Å²) in [6.07, 6.45) is 1.36. The van der Waals surface area contributed by atoms with Gasteiger partial charge in [0.05, 0.1) is 4.90 Å². The van der Waals surface area contributed by atoms with Crippen LogP contribution in [0.2, 0.25) is 0 Å². The molecule has 1 aliphatic heterocycles. The van der Waals surface area contributed by atoms with Crippen LogP contribution in [0, 0.1) is 20.8 Å². The predicted octanol–water partition coefficient (Wildman–Crippen LogP) is 2.24. The van der Waals surface area contributed by atoms with Gasteiger partial charge in [0.15, 0.2) is 0 Å². The van der Waals surface area contributed by atoms with Crippen molar-refractivity contribution in [3.05, 3.63) is 28.8 Å². The predicted molar refractivity (Wildman–Crippen MR) is 90.9 cm³/mol. The van der Waals surface area contributed by atoms with Gasteiger partial charge in [-0.05, 0) is 44.7 Å². The summed E-state index contributed by atoms with van der Waals surface area (Å²) < 4.78 is 27.5. The number of piperidine rings is 1. The maximum atomic E-state index is 13.0. The molecule has 0 bridgehead atoms. The molecule has 1 heterocycles. The maximum Gasteiger partial charge on any atom is 0.243 e. The van der Waals surface area contributed by atoms with E-state index in [1.807, 2.05) is 32.9 Å². The molecule has 2 rings (SSSR count). The quantitative estimate of drug-likeness (QED) is 0.849. The SMILES string of the molecule is CC(=O)N(C)C1CCN(S(=O)(=O)c2c(C)cc(C)cc2C)CC1. The van der Waals surface area contributed by atoms with Gasteiger partial charge in [-0.3, -0.25) is 4.79 Å². The third-order valence-electron chi connectivity index (χ3n) is 4.67. The van der Waals surface area contributed by atoms with E-state index >= 15 is 0 Å². The highest BCUT2D eigenvalue weighted by atomic mass is 32.2. The first kappa shape index (κ1) is 17.9. The van der Waals surface area contributed by atoms with Crippen molar-refractivity contribution in [2.45, 2.75) is 51.5 Å². The van der Waals surface area contributed by atoms with Crippen LogP contribution < -0.4 is 0 Å². The number of rotatable bonds is 3. The molecule has 0 spiro atoms. The van der Waals surface area contributed by atoms with Crippen LogP contribution in [0.4, 0.5) is 0 Å². The minimum atomic E-state index is -3.48. The van der Waals surface area contributed by atoms with Crippen LogP contribution in [-0.2, 0) is 14.8 Å². The van der Waals surface area contributed by atoms with E-state index in [0.29, 0.717) is 30.8 Å². The number of hydrogen-bond donors (Lipinski definition) is 0. The summed E-state index contributed by atoms with van der Waals surface area (Å²) in [5.74, 6) is 0.0246. The maximum absolute atomic E-state index is 13.0. The number of aryl methyl sites for hydroxylation is 3. The van der Waals surface area contributed by atoms with Gasteiger partial charge in [-0.1, -0.05) is 17.7 Å². The summed E-state index contributed by atoms with van der Waals surface area (Å²) in [5, 5.41) is 0. The van der Waals surface area contributed by atoms with E-state index in [0.717, 1.165) is 16.7 Å². The molecule has 1 fully saturated rings. The Morgan fingerprint density at radius 3 is 2.04 bits per heavy atom. The van der Waals surface area contributed by atoms with E-state index < -0.39 is 10.0 Å². The zero-order valence-corrected chi connectivity index (χ0v) is 15.4. The molecule has 1 aromatic carbocycles. The van der Waals surface area contributed by atoms with Crippen molar-refractivity contribution >= 4 is 15.9 Å². The fraction of sp³-hybridized carbons (Fsp3) is 0.588. The van der Waals surface area contributed by atoms with Crippen molar-refractivity contribution in [2.75, 3.05) is 20.1 Å². The van der Waals surface area contributed by atoms with Gasteiger partial charge in [-0.2, -0.15) is 4.31 Å². The minimum absolute atomic E-state index is 0.0246. The highest BCUT2D eigenvalue weighted by Crippen LogP contribution is 2.28. The van der Waals surface area contributed by atoms with E-state index in [-0.39, 0.29) is 11.9 Å². The number of benzene rings is 1. The lowest BCUT2D eigenvalue weighted by atomic mass is 10.1. The van der Waals surface area contributed by atoms with Gasteiger partial charge in [-0.15, -0.1) is 0 Å². The molecule has 0 atom stereocenters. The standard InChI is InChI=1S/C17H26N2O3S/c1-12-10-13(2)17(14(3)11-12)23(21,22)19-8-6-16(7-9-19)18(5)15(4)20/h10-11,16H,6-9H2,1-5H3. The molecule has 0 saturated carbocycles. The Bertz CT molecular complexity index is 682. The molecular weight excluding hydrogens is 312 g/mol. The minimum Gasteiger partial charge on any atom is -0.343 e. The Hall–Kier alpha value is -1.40. The largest absolute Gasteiger partial charge is 0.343 e.